The molecule has 2 saturated heterocycles. The minimum absolute atomic E-state index is 0.111. The molecule has 148 valence electrons. The summed E-state index contributed by atoms with van der Waals surface area (Å²) in [5.74, 6) is -0.306. The van der Waals surface area contributed by atoms with Crippen molar-refractivity contribution in [2.45, 2.75) is 25.6 Å². The summed E-state index contributed by atoms with van der Waals surface area (Å²) in [4.78, 5) is 33.1. The van der Waals surface area contributed by atoms with Crippen molar-refractivity contribution >= 4 is 17.8 Å². The van der Waals surface area contributed by atoms with Gasteiger partial charge in [-0.2, -0.15) is 13.2 Å². The number of amides is 3. The Morgan fingerprint density at radius 2 is 2.00 bits per heavy atom. The smallest absolute Gasteiger partial charge is 0.353 e. The molecule has 0 radical (unpaired) electrons. The van der Waals surface area contributed by atoms with E-state index < -0.39 is 17.8 Å². The van der Waals surface area contributed by atoms with Crippen LogP contribution in [0.4, 0.5) is 23.8 Å². The van der Waals surface area contributed by atoms with Gasteiger partial charge in [-0.25, -0.2) is 9.78 Å². The second-order valence-corrected chi connectivity index (χ2v) is 6.63. The number of anilines is 1. The minimum atomic E-state index is -4.48. The fraction of sp³-hybridized carbons (Fsp3) is 0.588. The molecule has 1 aromatic rings. The van der Waals surface area contributed by atoms with Gasteiger partial charge in [0.05, 0.1) is 12.1 Å². The van der Waals surface area contributed by atoms with E-state index in [9.17, 15) is 22.8 Å². The highest BCUT2D eigenvalue weighted by Gasteiger charge is 2.38. The van der Waals surface area contributed by atoms with E-state index in [-0.39, 0.29) is 43.9 Å². The average Bonchev–Trinajstić information content (AvgIpc) is 3.01. The molecule has 10 heteroatoms. The fourth-order valence-electron chi connectivity index (χ4n) is 3.42. The molecule has 1 atom stereocenters. The first-order valence-electron chi connectivity index (χ1n) is 8.92. The number of carbonyl (C=O) groups excluding carboxylic acids is 2. The lowest BCUT2D eigenvalue weighted by molar-refractivity contribution is -0.137. The molecule has 27 heavy (non-hydrogen) atoms. The SMILES string of the molecule is CCCN1CC(C(=O)N2CCN(c3ncccc3C(F)(F)F)CC2)NC1=O. The first-order chi connectivity index (χ1) is 12.8. The van der Waals surface area contributed by atoms with Gasteiger partial charge in [-0.15, -0.1) is 0 Å². The fourth-order valence-corrected chi connectivity index (χ4v) is 3.42. The van der Waals surface area contributed by atoms with Crippen LogP contribution >= 0.6 is 0 Å². The third-order valence-electron chi connectivity index (χ3n) is 4.76. The van der Waals surface area contributed by atoms with E-state index in [1.807, 2.05) is 6.92 Å². The third kappa shape index (κ3) is 4.09. The molecular formula is C17H22F3N5O2. The van der Waals surface area contributed by atoms with E-state index in [1.54, 1.807) is 14.7 Å². The summed E-state index contributed by atoms with van der Waals surface area (Å²) >= 11 is 0. The van der Waals surface area contributed by atoms with Gasteiger partial charge in [-0.1, -0.05) is 6.92 Å². The maximum absolute atomic E-state index is 13.2. The van der Waals surface area contributed by atoms with Crippen molar-refractivity contribution in [2.24, 2.45) is 0 Å². The predicted octanol–water partition coefficient (Wildman–Crippen LogP) is 1.55. The number of halogens is 3. The Morgan fingerprint density at radius 3 is 2.63 bits per heavy atom. The first-order valence-corrected chi connectivity index (χ1v) is 8.92. The van der Waals surface area contributed by atoms with Crippen molar-refractivity contribution in [1.82, 2.24) is 20.1 Å². The van der Waals surface area contributed by atoms with Gasteiger partial charge in [0, 0.05) is 38.9 Å². The monoisotopic (exact) mass is 385 g/mol. The Kier molecular flexibility index (Phi) is 5.43. The standard InChI is InChI=1S/C17H22F3N5O2/c1-2-6-25-11-13(22-16(25)27)15(26)24-9-7-23(8-10-24)14-12(17(18,19)20)4-3-5-21-14/h3-5,13H,2,6-11H2,1H3,(H,22,27). The van der Waals surface area contributed by atoms with Crippen molar-refractivity contribution in [1.29, 1.82) is 0 Å². The van der Waals surface area contributed by atoms with E-state index in [1.165, 1.54) is 12.3 Å². The number of hydrogen-bond acceptors (Lipinski definition) is 4. The highest BCUT2D eigenvalue weighted by atomic mass is 19.4. The number of piperazine rings is 1. The Balaban J connectivity index is 1.62. The van der Waals surface area contributed by atoms with Crippen molar-refractivity contribution in [3.05, 3.63) is 23.9 Å². The molecule has 0 aliphatic carbocycles. The summed E-state index contributed by atoms with van der Waals surface area (Å²) < 4.78 is 39.5. The summed E-state index contributed by atoms with van der Waals surface area (Å²) in [7, 11) is 0. The topological polar surface area (TPSA) is 68.8 Å². The van der Waals surface area contributed by atoms with Crippen LogP contribution in [-0.4, -0.2) is 72.0 Å². The van der Waals surface area contributed by atoms with Gasteiger partial charge < -0.3 is 20.0 Å². The maximum atomic E-state index is 13.2. The van der Waals surface area contributed by atoms with Gasteiger partial charge in [0.2, 0.25) is 5.91 Å². The van der Waals surface area contributed by atoms with Gasteiger partial charge in [0.1, 0.15) is 11.9 Å². The number of rotatable bonds is 4. The van der Waals surface area contributed by atoms with E-state index >= 15 is 0 Å². The highest BCUT2D eigenvalue weighted by molar-refractivity contribution is 5.90. The van der Waals surface area contributed by atoms with Gasteiger partial charge in [-0.3, -0.25) is 4.79 Å². The second-order valence-electron chi connectivity index (χ2n) is 6.63. The number of nitrogens with zero attached hydrogens (tertiary/aromatic N) is 4. The van der Waals surface area contributed by atoms with E-state index in [2.05, 4.69) is 10.3 Å². The Morgan fingerprint density at radius 1 is 1.30 bits per heavy atom. The van der Waals surface area contributed by atoms with E-state index in [0.717, 1.165) is 12.5 Å². The van der Waals surface area contributed by atoms with Gasteiger partial charge in [0.15, 0.2) is 0 Å². The zero-order valence-corrected chi connectivity index (χ0v) is 15.0. The Bertz CT molecular complexity index is 704. The van der Waals surface area contributed by atoms with Crippen LogP contribution in [0.2, 0.25) is 0 Å². The minimum Gasteiger partial charge on any atom is -0.353 e. The molecule has 0 bridgehead atoms. The lowest BCUT2D eigenvalue weighted by Crippen LogP contribution is -2.54. The zero-order valence-electron chi connectivity index (χ0n) is 15.0. The largest absolute Gasteiger partial charge is 0.419 e. The van der Waals surface area contributed by atoms with Gasteiger partial charge in [0.25, 0.3) is 0 Å². The van der Waals surface area contributed by atoms with Gasteiger partial charge >= 0.3 is 12.2 Å². The molecular weight excluding hydrogens is 363 g/mol. The van der Waals surface area contributed by atoms with Crippen molar-refractivity contribution in [2.75, 3.05) is 44.2 Å². The van der Waals surface area contributed by atoms with Crippen molar-refractivity contribution in [3.8, 4) is 0 Å². The second kappa shape index (κ2) is 7.61. The number of alkyl halides is 3. The lowest BCUT2D eigenvalue weighted by atomic mass is 10.2. The molecule has 3 heterocycles. The van der Waals surface area contributed by atoms with Crippen molar-refractivity contribution < 1.29 is 22.8 Å². The highest BCUT2D eigenvalue weighted by Crippen LogP contribution is 2.35. The average molecular weight is 385 g/mol. The Hall–Kier alpha value is -2.52. The summed E-state index contributed by atoms with van der Waals surface area (Å²) in [5.41, 5.74) is -0.775. The summed E-state index contributed by atoms with van der Waals surface area (Å²) in [6.07, 6.45) is -2.34. The summed E-state index contributed by atoms with van der Waals surface area (Å²) in [6, 6.07) is 1.42. The van der Waals surface area contributed by atoms with Crippen LogP contribution in [0.3, 0.4) is 0 Å². The molecule has 1 aromatic heterocycles. The van der Waals surface area contributed by atoms with Crippen LogP contribution in [0.15, 0.2) is 18.3 Å². The van der Waals surface area contributed by atoms with Crippen molar-refractivity contribution in [3.63, 3.8) is 0 Å². The van der Waals surface area contributed by atoms with Crippen LogP contribution in [0.25, 0.3) is 0 Å². The number of urea groups is 1. The number of carbonyl (C=O) groups is 2. The molecule has 3 amide bonds. The number of hydrogen-bond donors (Lipinski definition) is 1. The number of nitrogens with one attached hydrogen (secondary N) is 1. The van der Waals surface area contributed by atoms with Crippen LogP contribution in [0, 0.1) is 0 Å². The summed E-state index contributed by atoms with van der Waals surface area (Å²) in [5, 5.41) is 2.68. The quantitative estimate of drug-likeness (QED) is 0.854. The van der Waals surface area contributed by atoms with Gasteiger partial charge in [-0.05, 0) is 18.6 Å². The van der Waals surface area contributed by atoms with E-state index in [4.69, 9.17) is 0 Å². The maximum Gasteiger partial charge on any atom is 0.419 e. The predicted molar refractivity (Wildman–Crippen MR) is 92.2 cm³/mol. The van der Waals surface area contributed by atoms with Crippen LogP contribution in [-0.2, 0) is 11.0 Å². The Labute approximate surface area is 155 Å². The molecule has 2 fully saturated rings. The molecule has 2 aliphatic heterocycles. The van der Waals surface area contributed by atoms with E-state index in [0.29, 0.717) is 13.1 Å². The van der Waals surface area contributed by atoms with Crippen LogP contribution in [0.1, 0.15) is 18.9 Å². The molecule has 7 nitrogen and oxygen atoms in total. The van der Waals surface area contributed by atoms with Crippen LogP contribution in [0.5, 0.6) is 0 Å². The molecule has 3 rings (SSSR count). The molecule has 0 aromatic carbocycles. The van der Waals surface area contributed by atoms with Crippen LogP contribution < -0.4 is 10.2 Å². The zero-order chi connectivity index (χ0) is 19.6. The number of pyridine rings is 1. The first kappa shape index (κ1) is 19.2. The number of aromatic nitrogens is 1. The molecule has 0 saturated carbocycles. The molecule has 0 spiro atoms. The lowest BCUT2D eigenvalue weighted by Gasteiger charge is -2.37. The summed E-state index contributed by atoms with van der Waals surface area (Å²) in [6.45, 7) is 3.94. The normalized spacial score (nSPS) is 20.8. The third-order valence-corrected chi connectivity index (χ3v) is 4.76. The molecule has 1 N–H and O–H groups in total. The molecule has 2 aliphatic rings. The molecule has 1 unspecified atom stereocenters.